The lowest BCUT2D eigenvalue weighted by Crippen LogP contribution is -2.45. The molecule has 4 aliphatic rings. The van der Waals surface area contributed by atoms with E-state index in [-0.39, 0.29) is 65.1 Å². The number of esters is 6. The number of aliphatic carboxylic acids is 4. The number of nitrogens with two attached hydrogens (primary N) is 2. The van der Waals surface area contributed by atoms with Crippen LogP contribution in [-0.2, 0) is 70.0 Å². The van der Waals surface area contributed by atoms with Crippen molar-refractivity contribution >= 4 is 59.7 Å². The molecular weight excluding hydrogens is 1300 g/mol. The average molecular weight is 1390 g/mol. The van der Waals surface area contributed by atoms with Crippen molar-refractivity contribution in [3.05, 3.63) is 235 Å². The van der Waals surface area contributed by atoms with E-state index < -0.39 is 72.2 Å². The minimum atomic E-state index is -2.21. The third kappa shape index (κ3) is 22.0. The highest BCUT2D eigenvalue weighted by Gasteiger charge is 2.43. The standard InChI is InChI=1S/2C19H26N2O2.2C18H14O8.C2H6O/c2*1-11(2)23-19(22)16-10-21-6-5-14-7-12(3)13(4)8-15(14)18(21)9-17(16)20;2*19-15(20)13(25-17(23)11-7-3-1-4-8-11)14(16(21)22)26-18(24)12-9-5-2-6-10-12;1-2-3/h2*7-8,11,18H,5-6,9-10,20H2,1-4H3;2*1-10,13-14H,(H,19,20)(H,21,22);3H,2H2,1H3/t18-;;2*13-,14-;/m0.00./s1. The predicted octanol–water partition coefficient (Wildman–Crippen LogP) is 8.75. The van der Waals surface area contributed by atoms with E-state index in [0.29, 0.717) is 48.5 Å². The van der Waals surface area contributed by atoms with E-state index in [0.717, 1.165) is 25.9 Å². The lowest BCUT2D eigenvalue weighted by atomic mass is 9.84. The summed E-state index contributed by atoms with van der Waals surface area (Å²) in [4.78, 5) is 123. The van der Waals surface area contributed by atoms with Gasteiger partial charge in [0, 0.05) is 69.1 Å². The molecule has 6 aromatic carbocycles. The molecule has 4 heterocycles. The van der Waals surface area contributed by atoms with Crippen LogP contribution in [0, 0.1) is 27.7 Å². The van der Waals surface area contributed by atoms with Crippen LogP contribution in [0.2, 0.25) is 0 Å². The number of hydrogen-bond donors (Lipinski definition) is 7. The lowest BCUT2D eigenvalue weighted by Gasteiger charge is -2.41. The van der Waals surface area contributed by atoms with Crippen LogP contribution in [0.3, 0.4) is 0 Å². The molecule has 0 saturated heterocycles. The Balaban J connectivity index is 0.000000209. The number of carbonyl (C=O) groups excluding carboxylic acids is 6. The number of carbonyl (C=O) groups is 10. The molecule has 536 valence electrons. The number of rotatable bonds is 18. The number of hydrogen-bond acceptors (Lipinski definition) is 21. The molecule has 25 nitrogen and oxygen atoms in total. The summed E-state index contributed by atoms with van der Waals surface area (Å²) in [5.74, 6) is -11.8. The third-order valence-electron chi connectivity index (χ3n) is 16.4. The number of carboxylic acid groups (broad SMARTS) is 4. The second kappa shape index (κ2) is 37.2. The van der Waals surface area contributed by atoms with Gasteiger partial charge in [-0.3, -0.25) is 9.80 Å². The molecule has 1 unspecified atom stereocenters. The van der Waals surface area contributed by atoms with Crippen LogP contribution in [0.15, 0.2) is 168 Å². The minimum absolute atomic E-state index is 0.0253. The van der Waals surface area contributed by atoms with Crippen LogP contribution in [0.4, 0.5) is 0 Å². The van der Waals surface area contributed by atoms with Gasteiger partial charge in [-0.2, -0.15) is 0 Å². The quantitative estimate of drug-likeness (QED) is 0.0312. The fourth-order valence-corrected chi connectivity index (χ4v) is 11.2. The number of carboxylic acids is 4. The summed E-state index contributed by atoms with van der Waals surface area (Å²) in [5.41, 5.74) is 26.2. The zero-order valence-corrected chi connectivity index (χ0v) is 57.7. The van der Waals surface area contributed by atoms with Gasteiger partial charge in [-0.1, -0.05) is 97.1 Å². The Bertz CT molecular complexity index is 3610. The Hall–Kier alpha value is -11.0. The zero-order chi connectivity index (χ0) is 74.4. The second-order valence-electron chi connectivity index (χ2n) is 24.5. The molecule has 0 saturated carbocycles. The molecule has 6 aromatic rings. The van der Waals surface area contributed by atoms with Crippen molar-refractivity contribution in [2.45, 2.75) is 137 Å². The van der Waals surface area contributed by atoms with Crippen LogP contribution in [0.25, 0.3) is 0 Å². The van der Waals surface area contributed by atoms with Gasteiger partial charge < -0.3 is 65.4 Å². The Morgan fingerprint density at radius 1 is 0.406 bits per heavy atom. The topological polar surface area (TPSA) is 386 Å². The minimum Gasteiger partial charge on any atom is -0.478 e. The highest BCUT2D eigenvalue weighted by Crippen LogP contribution is 2.41. The van der Waals surface area contributed by atoms with Crippen molar-refractivity contribution in [2.24, 2.45) is 11.5 Å². The summed E-state index contributed by atoms with van der Waals surface area (Å²) >= 11 is 0. The molecule has 0 aliphatic carbocycles. The lowest BCUT2D eigenvalue weighted by molar-refractivity contribution is -0.166. The van der Waals surface area contributed by atoms with E-state index >= 15 is 0 Å². The molecule has 0 fully saturated rings. The van der Waals surface area contributed by atoms with Crippen LogP contribution < -0.4 is 11.5 Å². The molecule has 0 bridgehead atoms. The van der Waals surface area contributed by atoms with E-state index in [1.807, 2.05) is 27.7 Å². The first-order valence-electron chi connectivity index (χ1n) is 32.6. The van der Waals surface area contributed by atoms with Gasteiger partial charge in [0.15, 0.2) is 0 Å². The Morgan fingerprint density at radius 3 is 0.871 bits per heavy atom. The predicted molar refractivity (Wildman–Crippen MR) is 368 cm³/mol. The molecule has 0 aromatic heterocycles. The normalized spacial score (nSPS) is 16.2. The van der Waals surface area contributed by atoms with Crippen molar-refractivity contribution in [3.8, 4) is 0 Å². The highest BCUT2D eigenvalue weighted by molar-refractivity contribution is 5.97. The van der Waals surface area contributed by atoms with E-state index in [9.17, 15) is 68.4 Å². The smallest absolute Gasteiger partial charge is 0.349 e. The summed E-state index contributed by atoms with van der Waals surface area (Å²) in [6.07, 6.45) is -5.63. The third-order valence-corrected chi connectivity index (χ3v) is 16.4. The number of aliphatic hydroxyl groups is 1. The van der Waals surface area contributed by atoms with Gasteiger partial charge in [-0.25, -0.2) is 47.9 Å². The number of benzene rings is 6. The first-order chi connectivity index (χ1) is 47.9. The van der Waals surface area contributed by atoms with Crippen LogP contribution >= 0.6 is 0 Å². The number of aliphatic hydroxyl groups excluding tert-OH is 1. The number of fused-ring (bicyclic) bond motifs is 6. The average Bonchev–Trinajstić information content (AvgIpc) is 0.772. The molecule has 101 heavy (non-hydrogen) atoms. The molecule has 9 N–H and O–H groups in total. The SMILES string of the molecule is CCO.Cc1cc2c(cc1C)C1CC(N)=C(C(=O)OC(C)C)CN1CC2.Cc1cc2c(cc1C)[C@@H]1CC(N)=C(C(=O)OC(C)C)CN1CC2.O=C(O[C@H](C(=O)O)[C@H](OC(=O)c1ccccc1)C(=O)O)c1ccccc1.O=C(O[C@H](C(=O)O)[C@H](OC(=O)c1ccccc1)C(=O)O)c1ccccc1. The van der Waals surface area contributed by atoms with Gasteiger partial charge in [-0.05, 0) is 168 Å². The summed E-state index contributed by atoms with van der Waals surface area (Å²) in [5, 5.41) is 44.5. The maximum absolute atomic E-state index is 12.3. The molecule has 0 radical (unpaired) electrons. The Kier molecular flexibility index (Phi) is 29.1. The fourth-order valence-electron chi connectivity index (χ4n) is 11.2. The summed E-state index contributed by atoms with van der Waals surface area (Å²) in [6.45, 7) is 21.1. The monoisotopic (exact) mass is 1390 g/mol. The molecule has 6 atom stereocenters. The molecule has 10 rings (SSSR count). The Labute approximate surface area is 584 Å². The van der Waals surface area contributed by atoms with Crippen molar-refractivity contribution in [3.63, 3.8) is 0 Å². The van der Waals surface area contributed by atoms with E-state index in [1.165, 1.54) is 142 Å². The van der Waals surface area contributed by atoms with Crippen LogP contribution in [0.5, 0.6) is 0 Å². The Morgan fingerprint density at radius 2 is 0.644 bits per heavy atom. The summed E-state index contributed by atoms with van der Waals surface area (Å²) in [6, 6.07) is 39.5. The van der Waals surface area contributed by atoms with Crippen LogP contribution in [0.1, 0.15) is 145 Å². The molecule has 25 heteroatoms. The second-order valence-corrected chi connectivity index (χ2v) is 24.5. The first kappa shape index (κ1) is 79.0. The maximum Gasteiger partial charge on any atom is 0.349 e. The summed E-state index contributed by atoms with van der Waals surface area (Å²) in [7, 11) is 0. The van der Waals surface area contributed by atoms with Gasteiger partial charge >= 0.3 is 59.7 Å². The molecule has 0 amide bonds. The van der Waals surface area contributed by atoms with Gasteiger partial charge in [0.05, 0.1) is 45.6 Å². The van der Waals surface area contributed by atoms with Gasteiger partial charge in [0.1, 0.15) is 0 Å². The number of ether oxygens (including phenoxy) is 6. The van der Waals surface area contributed by atoms with Crippen molar-refractivity contribution in [1.29, 1.82) is 0 Å². The van der Waals surface area contributed by atoms with E-state index in [1.54, 1.807) is 31.2 Å². The summed E-state index contributed by atoms with van der Waals surface area (Å²) < 4.78 is 29.7. The number of aryl methyl sites for hydroxylation is 4. The van der Waals surface area contributed by atoms with Gasteiger partial charge in [0.2, 0.25) is 24.4 Å². The fraction of sp³-hybridized carbons (Fsp3) is 0.342. The van der Waals surface area contributed by atoms with Crippen LogP contribution in [-0.4, -0.2) is 164 Å². The van der Waals surface area contributed by atoms with E-state index in [2.05, 4.69) is 61.8 Å². The van der Waals surface area contributed by atoms with Crippen molar-refractivity contribution in [2.75, 3.05) is 32.8 Å². The number of nitrogens with zero attached hydrogens (tertiary/aromatic N) is 2. The highest BCUT2D eigenvalue weighted by atomic mass is 16.6. The van der Waals surface area contributed by atoms with Crippen molar-refractivity contribution in [1.82, 2.24) is 9.80 Å². The zero-order valence-electron chi connectivity index (χ0n) is 57.7. The molecule has 0 spiro atoms. The molecular formula is C76H86N4O21. The largest absolute Gasteiger partial charge is 0.478 e. The molecule has 4 aliphatic heterocycles. The maximum atomic E-state index is 12.3. The van der Waals surface area contributed by atoms with Crippen molar-refractivity contribution < 1.29 is 102 Å². The van der Waals surface area contributed by atoms with Gasteiger partial charge in [-0.15, -0.1) is 0 Å². The first-order valence-corrected chi connectivity index (χ1v) is 32.6. The van der Waals surface area contributed by atoms with Gasteiger partial charge in [0.25, 0.3) is 0 Å². The van der Waals surface area contributed by atoms with E-state index in [4.69, 9.17) is 45.0 Å².